The lowest BCUT2D eigenvalue weighted by Crippen LogP contribution is -2.48. The monoisotopic (exact) mass is 444 g/mol. The van der Waals surface area contributed by atoms with Gasteiger partial charge in [-0.1, -0.05) is 18.2 Å². The summed E-state index contributed by atoms with van der Waals surface area (Å²) in [6.45, 7) is 8.24. The Kier molecular flexibility index (Phi) is 5.20. The molecule has 0 saturated heterocycles. The molecule has 0 spiro atoms. The van der Waals surface area contributed by atoms with E-state index in [1.165, 1.54) is 5.56 Å². The Hall–Kier alpha value is -3.25. The number of aromatic nitrogens is 1. The number of para-hydroxylation sites is 1. The lowest BCUT2D eigenvalue weighted by atomic mass is 9.79. The van der Waals surface area contributed by atoms with Crippen LogP contribution in [0.25, 0.3) is 16.5 Å². The third kappa shape index (κ3) is 3.78. The number of nitrogens with zero attached hydrogens (tertiary/aromatic N) is 2. The maximum absolute atomic E-state index is 12.5. The van der Waals surface area contributed by atoms with Crippen LogP contribution in [-0.2, 0) is 16.0 Å². The van der Waals surface area contributed by atoms with Gasteiger partial charge in [0.2, 0.25) is 0 Å². The summed E-state index contributed by atoms with van der Waals surface area (Å²) in [5.74, 6) is -0.657. The molecule has 0 saturated carbocycles. The van der Waals surface area contributed by atoms with E-state index in [4.69, 9.17) is 19.5 Å². The maximum Gasteiger partial charge on any atom is 0.333 e. The van der Waals surface area contributed by atoms with E-state index in [2.05, 4.69) is 0 Å². The maximum atomic E-state index is 12.5. The van der Waals surface area contributed by atoms with Crippen molar-refractivity contribution in [3.8, 4) is 5.75 Å². The first-order valence-electron chi connectivity index (χ1n) is 11.4. The summed E-state index contributed by atoms with van der Waals surface area (Å²) in [4.78, 5) is 22.1. The van der Waals surface area contributed by atoms with Crippen LogP contribution in [-0.4, -0.2) is 40.4 Å². The van der Waals surface area contributed by atoms with E-state index in [1.807, 2.05) is 76.4 Å². The second-order valence-electron chi connectivity index (χ2n) is 9.72. The lowest BCUT2D eigenvalue weighted by molar-refractivity contribution is -0.164. The highest BCUT2D eigenvalue weighted by atomic mass is 16.5. The van der Waals surface area contributed by atoms with E-state index in [1.54, 1.807) is 0 Å². The molecule has 170 valence electrons. The van der Waals surface area contributed by atoms with Gasteiger partial charge in [0.15, 0.2) is 6.10 Å². The van der Waals surface area contributed by atoms with Crippen LogP contribution < -0.4 is 15.3 Å². The number of hydrogen-bond acceptors (Lipinski definition) is 5. The van der Waals surface area contributed by atoms with E-state index in [9.17, 15) is 9.90 Å². The van der Waals surface area contributed by atoms with Crippen LogP contribution >= 0.6 is 0 Å². The molecule has 0 amide bonds. The fraction of sp³-hybridized carbons (Fsp3) is 0.370. The first-order chi connectivity index (χ1) is 15.7. The predicted molar refractivity (Wildman–Crippen MR) is 126 cm³/mol. The standard InChI is InChI=1S/C27H28N2O4/c1-15-21(25(26(30)31)33-27(2,3)4)23(17-7-5-6-8-19(17)29-15)18-9-10-20-22-16(12-14-32-20)11-13-28-24(18)22/h5-11,13,15,21,25H,12,14H2,1-4H3,(H,30,31)/t15?,21?,25-/m0/s1. The molecule has 0 aliphatic carbocycles. The number of carbonyl (C=O) groups is 1. The fourth-order valence-electron chi connectivity index (χ4n) is 5.04. The van der Waals surface area contributed by atoms with Crippen molar-refractivity contribution < 1.29 is 19.4 Å². The number of ether oxygens (including phenoxy) is 2. The highest BCUT2D eigenvalue weighted by Crippen LogP contribution is 2.40. The second-order valence-corrected chi connectivity index (χ2v) is 9.72. The SMILES string of the molecule is CC1N=c2ccccc2=C(c2ccc3c4c(ccnc24)CCO3)C1[C@H](OC(C)(C)C)C(=O)O. The molecule has 2 unspecified atom stereocenters. The second kappa shape index (κ2) is 7.96. The summed E-state index contributed by atoms with van der Waals surface area (Å²) >= 11 is 0. The summed E-state index contributed by atoms with van der Waals surface area (Å²) < 4.78 is 12.1. The summed E-state index contributed by atoms with van der Waals surface area (Å²) in [7, 11) is 0. The smallest absolute Gasteiger partial charge is 0.333 e. The van der Waals surface area contributed by atoms with Gasteiger partial charge >= 0.3 is 5.97 Å². The zero-order valence-corrected chi connectivity index (χ0v) is 19.3. The molecule has 1 aromatic heterocycles. The Labute approximate surface area is 192 Å². The number of carboxylic acid groups (broad SMARTS) is 1. The van der Waals surface area contributed by atoms with Crippen LogP contribution in [0.15, 0.2) is 53.7 Å². The summed E-state index contributed by atoms with van der Waals surface area (Å²) in [6.07, 6.45) is 1.59. The van der Waals surface area contributed by atoms with Crippen LogP contribution in [0.2, 0.25) is 0 Å². The molecule has 3 atom stereocenters. The minimum atomic E-state index is -1.06. The highest BCUT2D eigenvalue weighted by molar-refractivity contribution is 5.98. The molecule has 3 heterocycles. The zero-order chi connectivity index (χ0) is 23.3. The van der Waals surface area contributed by atoms with Gasteiger partial charge in [-0.3, -0.25) is 9.98 Å². The number of fused-ring (bicyclic) bond motifs is 1. The van der Waals surface area contributed by atoms with E-state index in [0.717, 1.165) is 44.8 Å². The molecule has 2 aliphatic rings. The minimum absolute atomic E-state index is 0.291. The molecule has 6 nitrogen and oxygen atoms in total. The Morgan fingerprint density at radius 2 is 1.97 bits per heavy atom. The third-order valence-corrected chi connectivity index (χ3v) is 6.30. The van der Waals surface area contributed by atoms with Crippen molar-refractivity contribution in [2.75, 3.05) is 6.61 Å². The van der Waals surface area contributed by atoms with Crippen molar-refractivity contribution in [3.05, 3.63) is 70.4 Å². The van der Waals surface area contributed by atoms with Crippen LogP contribution in [0.4, 0.5) is 0 Å². The van der Waals surface area contributed by atoms with Crippen LogP contribution in [0.5, 0.6) is 5.75 Å². The van der Waals surface area contributed by atoms with Gasteiger partial charge in [-0.25, -0.2) is 4.79 Å². The van der Waals surface area contributed by atoms with Crippen molar-refractivity contribution in [1.29, 1.82) is 0 Å². The molecule has 33 heavy (non-hydrogen) atoms. The van der Waals surface area contributed by atoms with Gasteiger partial charge in [-0.15, -0.1) is 0 Å². The van der Waals surface area contributed by atoms with Gasteiger partial charge < -0.3 is 14.6 Å². The lowest BCUT2D eigenvalue weighted by Gasteiger charge is -2.36. The van der Waals surface area contributed by atoms with Gasteiger partial charge in [0.1, 0.15) is 5.75 Å². The van der Waals surface area contributed by atoms with E-state index in [-0.39, 0.29) is 6.04 Å². The Morgan fingerprint density at radius 1 is 1.18 bits per heavy atom. The quantitative estimate of drug-likeness (QED) is 0.668. The van der Waals surface area contributed by atoms with E-state index >= 15 is 0 Å². The number of carboxylic acids is 1. The molecule has 2 aliphatic heterocycles. The third-order valence-electron chi connectivity index (χ3n) is 6.30. The molecular weight excluding hydrogens is 416 g/mol. The van der Waals surface area contributed by atoms with Crippen molar-refractivity contribution in [3.63, 3.8) is 0 Å². The molecule has 5 rings (SSSR count). The van der Waals surface area contributed by atoms with Crippen LogP contribution in [0.1, 0.15) is 38.8 Å². The molecule has 2 aromatic carbocycles. The van der Waals surface area contributed by atoms with E-state index in [0.29, 0.717) is 6.61 Å². The van der Waals surface area contributed by atoms with Crippen molar-refractivity contribution in [2.24, 2.45) is 10.9 Å². The van der Waals surface area contributed by atoms with Gasteiger partial charge in [-0.05, 0) is 63.1 Å². The predicted octanol–water partition coefficient (Wildman–Crippen LogP) is 3.27. The Bertz CT molecular complexity index is 1360. The summed E-state index contributed by atoms with van der Waals surface area (Å²) in [6, 6.07) is 13.6. The largest absolute Gasteiger partial charge is 0.493 e. The van der Waals surface area contributed by atoms with Gasteiger partial charge in [0, 0.05) is 34.7 Å². The summed E-state index contributed by atoms with van der Waals surface area (Å²) in [5.41, 5.74) is 3.21. The average Bonchev–Trinajstić information content (AvgIpc) is 2.77. The topological polar surface area (TPSA) is 81.0 Å². The van der Waals surface area contributed by atoms with Crippen LogP contribution in [0, 0.1) is 5.92 Å². The molecule has 1 N–H and O–H groups in total. The number of benzene rings is 2. The molecular formula is C27H28N2O4. The molecule has 0 radical (unpaired) electrons. The average molecular weight is 445 g/mol. The van der Waals surface area contributed by atoms with E-state index < -0.39 is 23.6 Å². The Balaban J connectivity index is 1.84. The number of rotatable bonds is 4. The summed E-state index contributed by atoms with van der Waals surface area (Å²) in [5, 5.41) is 13.0. The minimum Gasteiger partial charge on any atom is -0.493 e. The van der Waals surface area contributed by atoms with Gasteiger partial charge in [-0.2, -0.15) is 0 Å². The van der Waals surface area contributed by atoms with Gasteiger partial charge in [0.05, 0.1) is 29.1 Å². The number of aliphatic carboxylic acids is 1. The molecule has 0 fully saturated rings. The number of hydrogen-bond donors (Lipinski definition) is 1. The normalized spacial score (nSPS) is 20.5. The first kappa shape index (κ1) is 21.6. The number of pyridine rings is 1. The van der Waals surface area contributed by atoms with Crippen molar-refractivity contribution in [2.45, 2.75) is 51.9 Å². The fourth-order valence-corrected chi connectivity index (χ4v) is 5.04. The van der Waals surface area contributed by atoms with Gasteiger partial charge in [0.25, 0.3) is 0 Å². The Morgan fingerprint density at radius 3 is 2.73 bits per heavy atom. The molecule has 3 aromatic rings. The van der Waals surface area contributed by atoms with Crippen LogP contribution in [0.3, 0.4) is 0 Å². The molecule has 0 bridgehead atoms. The zero-order valence-electron chi connectivity index (χ0n) is 19.3. The van der Waals surface area contributed by atoms with Crippen molar-refractivity contribution in [1.82, 2.24) is 4.98 Å². The highest BCUT2D eigenvalue weighted by Gasteiger charge is 2.41. The molecule has 6 heteroatoms. The first-order valence-corrected chi connectivity index (χ1v) is 11.4. The van der Waals surface area contributed by atoms with Crippen molar-refractivity contribution >= 4 is 22.4 Å².